The van der Waals surface area contributed by atoms with Crippen LogP contribution in [-0.2, 0) is 16.1 Å². The Morgan fingerprint density at radius 2 is 1.97 bits per heavy atom. The SMILES string of the molecule is COc1cccc([C@H]2CN(Cc3ccccc3)[C@@H]3CCN(C(=O)C4CCCO4)C[C@H]23)c1. The van der Waals surface area contributed by atoms with E-state index in [-0.39, 0.29) is 12.0 Å². The van der Waals surface area contributed by atoms with Crippen LogP contribution in [0.25, 0.3) is 0 Å². The summed E-state index contributed by atoms with van der Waals surface area (Å²) < 4.78 is 11.2. The Bertz CT molecular complexity index is 897. The van der Waals surface area contributed by atoms with Crippen molar-refractivity contribution in [3.8, 4) is 5.75 Å². The predicted octanol–water partition coefficient (Wildman–Crippen LogP) is 3.69. The lowest BCUT2D eigenvalue weighted by Crippen LogP contribution is -2.51. The fourth-order valence-electron chi connectivity index (χ4n) is 5.74. The summed E-state index contributed by atoms with van der Waals surface area (Å²) in [6, 6.07) is 19.7. The lowest BCUT2D eigenvalue weighted by Gasteiger charge is -2.40. The zero-order chi connectivity index (χ0) is 21.2. The molecule has 0 bridgehead atoms. The Hall–Kier alpha value is -2.37. The van der Waals surface area contributed by atoms with Crippen LogP contribution in [0.1, 0.15) is 36.3 Å². The van der Waals surface area contributed by atoms with E-state index in [9.17, 15) is 4.79 Å². The maximum absolute atomic E-state index is 13.1. The number of nitrogens with zero attached hydrogens (tertiary/aromatic N) is 2. The van der Waals surface area contributed by atoms with Gasteiger partial charge in [-0.2, -0.15) is 0 Å². The maximum Gasteiger partial charge on any atom is 0.251 e. The number of ether oxygens (including phenoxy) is 2. The first kappa shape index (κ1) is 20.5. The molecule has 0 spiro atoms. The highest BCUT2D eigenvalue weighted by Gasteiger charge is 2.46. The molecule has 1 unspecified atom stereocenters. The lowest BCUT2D eigenvalue weighted by molar-refractivity contribution is -0.143. The van der Waals surface area contributed by atoms with Gasteiger partial charge in [0.05, 0.1) is 7.11 Å². The Morgan fingerprint density at radius 1 is 1.10 bits per heavy atom. The van der Waals surface area contributed by atoms with Crippen molar-refractivity contribution in [1.29, 1.82) is 0 Å². The maximum atomic E-state index is 13.1. The monoisotopic (exact) mass is 420 g/mol. The molecule has 5 rings (SSSR count). The number of carbonyl (C=O) groups excluding carboxylic acids is 1. The summed E-state index contributed by atoms with van der Waals surface area (Å²) in [5.74, 6) is 1.92. The number of amides is 1. The molecule has 3 heterocycles. The number of rotatable bonds is 5. The van der Waals surface area contributed by atoms with E-state index in [1.54, 1.807) is 7.11 Å². The van der Waals surface area contributed by atoms with Gasteiger partial charge >= 0.3 is 0 Å². The molecule has 3 saturated heterocycles. The molecule has 0 radical (unpaired) electrons. The Labute approximate surface area is 184 Å². The molecule has 3 aliphatic heterocycles. The average Bonchev–Trinajstić information content (AvgIpc) is 3.48. The standard InChI is InChI=1S/C26H32N2O3/c1-30-21-10-5-9-20(15-21)22-17-28(16-19-7-3-2-4-8-19)24-12-13-27(18-23(22)24)26(29)25-11-6-14-31-25/h2-5,7-10,15,22-25H,6,11-14,16-18H2,1H3/t22-,23-,24-,25?/m1/s1. The number of likely N-dealkylation sites (tertiary alicyclic amines) is 2. The molecule has 0 aliphatic carbocycles. The van der Waals surface area contributed by atoms with Gasteiger partial charge in [0.15, 0.2) is 0 Å². The number of piperidine rings is 1. The van der Waals surface area contributed by atoms with Crippen LogP contribution in [0.2, 0.25) is 0 Å². The second-order valence-electron chi connectivity index (χ2n) is 9.10. The number of methoxy groups -OCH3 is 1. The highest BCUT2D eigenvalue weighted by atomic mass is 16.5. The lowest BCUT2D eigenvalue weighted by atomic mass is 9.81. The Morgan fingerprint density at radius 3 is 2.74 bits per heavy atom. The molecule has 2 aromatic carbocycles. The van der Waals surface area contributed by atoms with Crippen molar-refractivity contribution in [3.63, 3.8) is 0 Å². The summed E-state index contributed by atoms with van der Waals surface area (Å²) in [5.41, 5.74) is 2.67. The topological polar surface area (TPSA) is 42.0 Å². The van der Waals surface area contributed by atoms with E-state index >= 15 is 0 Å². The van der Waals surface area contributed by atoms with Gasteiger partial charge < -0.3 is 14.4 Å². The minimum atomic E-state index is -0.228. The summed E-state index contributed by atoms with van der Waals surface area (Å²) in [6.45, 7) is 4.33. The second-order valence-corrected chi connectivity index (χ2v) is 9.10. The summed E-state index contributed by atoms with van der Waals surface area (Å²) in [7, 11) is 1.72. The van der Waals surface area contributed by atoms with Crippen molar-refractivity contribution in [2.45, 2.75) is 43.9 Å². The third-order valence-corrected chi connectivity index (χ3v) is 7.30. The fraction of sp³-hybridized carbons (Fsp3) is 0.500. The van der Waals surface area contributed by atoms with E-state index in [1.807, 2.05) is 6.07 Å². The minimum Gasteiger partial charge on any atom is -0.497 e. The van der Waals surface area contributed by atoms with E-state index in [0.29, 0.717) is 24.5 Å². The number of hydrogen-bond acceptors (Lipinski definition) is 4. The van der Waals surface area contributed by atoms with Crippen LogP contribution >= 0.6 is 0 Å². The highest BCUT2D eigenvalue weighted by Crippen LogP contribution is 2.43. The van der Waals surface area contributed by atoms with Crippen LogP contribution in [0.4, 0.5) is 0 Å². The van der Waals surface area contributed by atoms with Crippen molar-refractivity contribution in [3.05, 3.63) is 65.7 Å². The van der Waals surface area contributed by atoms with Gasteiger partial charge in [-0.05, 0) is 42.5 Å². The average molecular weight is 421 g/mol. The van der Waals surface area contributed by atoms with E-state index < -0.39 is 0 Å². The van der Waals surface area contributed by atoms with Gasteiger partial charge in [0.25, 0.3) is 5.91 Å². The molecule has 0 N–H and O–H groups in total. The van der Waals surface area contributed by atoms with Gasteiger partial charge in [-0.1, -0.05) is 42.5 Å². The van der Waals surface area contributed by atoms with Gasteiger partial charge in [0.2, 0.25) is 0 Å². The molecule has 164 valence electrons. The van der Waals surface area contributed by atoms with Crippen LogP contribution in [0.15, 0.2) is 54.6 Å². The van der Waals surface area contributed by atoms with Crippen molar-refractivity contribution in [2.24, 2.45) is 5.92 Å². The van der Waals surface area contributed by atoms with E-state index in [2.05, 4.69) is 58.3 Å². The zero-order valence-electron chi connectivity index (χ0n) is 18.3. The number of fused-ring (bicyclic) bond motifs is 1. The van der Waals surface area contributed by atoms with Crippen molar-refractivity contribution >= 4 is 5.91 Å². The smallest absolute Gasteiger partial charge is 0.251 e. The first-order valence-electron chi connectivity index (χ1n) is 11.6. The molecular formula is C26H32N2O3. The largest absolute Gasteiger partial charge is 0.497 e. The van der Waals surface area contributed by atoms with Crippen molar-refractivity contribution in [2.75, 3.05) is 33.4 Å². The fourth-order valence-corrected chi connectivity index (χ4v) is 5.74. The normalized spacial score (nSPS) is 28.5. The molecule has 0 saturated carbocycles. The summed E-state index contributed by atoms with van der Waals surface area (Å²) >= 11 is 0. The van der Waals surface area contributed by atoms with E-state index in [1.165, 1.54) is 11.1 Å². The van der Waals surface area contributed by atoms with Gasteiger partial charge in [-0.25, -0.2) is 0 Å². The number of hydrogen-bond donors (Lipinski definition) is 0. The van der Waals surface area contributed by atoms with Crippen molar-refractivity contribution < 1.29 is 14.3 Å². The third-order valence-electron chi connectivity index (χ3n) is 7.30. The van der Waals surface area contributed by atoms with E-state index in [4.69, 9.17) is 9.47 Å². The zero-order valence-corrected chi connectivity index (χ0v) is 18.3. The molecule has 0 aromatic heterocycles. The molecule has 3 fully saturated rings. The molecule has 3 aliphatic rings. The van der Waals surface area contributed by atoms with Crippen molar-refractivity contribution in [1.82, 2.24) is 9.80 Å². The first-order valence-corrected chi connectivity index (χ1v) is 11.6. The molecule has 5 nitrogen and oxygen atoms in total. The van der Waals surface area contributed by atoms with Gasteiger partial charge in [0, 0.05) is 50.7 Å². The van der Waals surface area contributed by atoms with Gasteiger partial charge in [0.1, 0.15) is 11.9 Å². The molecular weight excluding hydrogens is 388 g/mol. The number of carbonyl (C=O) groups is 1. The molecule has 1 amide bonds. The summed E-state index contributed by atoms with van der Waals surface area (Å²) in [6.07, 6.45) is 2.65. The highest BCUT2D eigenvalue weighted by molar-refractivity contribution is 5.81. The second kappa shape index (κ2) is 9.01. The summed E-state index contributed by atoms with van der Waals surface area (Å²) in [5, 5.41) is 0. The van der Waals surface area contributed by atoms with Crippen LogP contribution in [0.5, 0.6) is 5.75 Å². The molecule has 4 atom stereocenters. The van der Waals surface area contributed by atoms with E-state index in [0.717, 1.165) is 51.2 Å². The van der Waals surface area contributed by atoms with Gasteiger partial charge in [-0.15, -0.1) is 0 Å². The molecule has 2 aromatic rings. The Kier molecular flexibility index (Phi) is 5.97. The number of benzene rings is 2. The van der Waals surface area contributed by atoms with Crippen LogP contribution in [-0.4, -0.2) is 61.2 Å². The Balaban J connectivity index is 1.39. The van der Waals surface area contributed by atoms with Crippen LogP contribution < -0.4 is 4.74 Å². The summed E-state index contributed by atoms with van der Waals surface area (Å²) in [4.78, 5) is 17.8. The quantitative estimate of drug-likeness (QED) is 0.740. The molecule has 31 heavy (non-hydrogen) atoms. The predicted molar refractivity (Wildman–Crippen MR) is 120 cm³/mol. The van der Waals surface area contributed by atoms with Gasteiger partial charge in [-0.3, -0.25) is 9.69 Å². The van der Waals surface area contributed by atoms with Crippen LogP contribution in [0, 0.1) is 5.92 Å². The van der Waals surface area contributed by atoms with Crippen LogP contribution in [0.3, 0.4) is 0 Å². The third kappa shape index (κ3) is 4.21. The minimum absolute atomic E-state index is 0.196. The molecule has 5 heteroatoms. The first-order chi connectivity index (χ1) is 15.2.